The second kappa shape index (κ2) is 56.4. The van der Waals surface area contributed by atoms with Gasteiger partial charge in [-0.05, 0) is 130 Å². The number of piperazine rings is 1. The lowest BCUT2D eigenvalue weighted by Crippen LogP contribution is -2.50. The monoisotopic (exact) mass is 1920 g/mol. The Morgan fingerprint density at radius 2 is 0.868 bits per heavy atom. The molecular weight excluding hydrogens is 1780 g/mol. The number of halogens is 1. The predicted molar refractivity (Wildman–Crippen MR) is 509 cm³/mol. The smallest absolute Gasteiger partial charge is 0.410 e. The maximum absolute atomic E-state index is 13.4. The molecule has 0 aliphatic carbocycles. The van der Waals surface area contributed by atoms with Crippen LogP contribution in [0.5, 0.6) is 0 Å². The summed E-state index contributed by atoms with van der Waals surface area (Å²) in [4.78, 5) is 146. The number of amides is 10. The number of nitrogens with zero attached hydrogens (tertiary/aromatic N) is 10. The maximum atomic E-state index is 13.4. The summed E-state index contributed by atoms with van der Waals surface area (Å²) in [5, 5.41) is 26.0. The van der Waals surface area contributed by atoms with Crippen molar-refractivity contribution >= 4 is 105 Å². The van der Waals surface area contributed by atoms with E-state index in [2.05, 4.69) is 80.6 Å². The minimum Gasteiger partial charge on any atom is -0.444 e. The molecule has 7 heterocycles. The van der Waals surface area contributed by atoms with Gasteiger partial charge in [-0.2, -0.15) is 0 Å². The molecule has 3 aliphatic heterocycles. The van der Waals surface area contributed by atoms with Crippen LogP contribution in [0.3, 0.4) is 0 Å². The lowest BCUT2D eigenvalue weighted by Gasteiger charge is -2.39. The Morgan fingerprint density at radius 1 is 0.434 bits per heavy atom. The van der Waals surface area contributed by atoms with Gasteiger partial charge in [0.05, 0.1) is 156 Å². The fraction of sp³-hybridized carbons (Fsp3) is 0.553. The number of carbonyl (C=O) groups excluding carboxylic acids is 10. The fourth-order valence-corrected chi connectivity index (χ4v) is 15.4. The molecule has 2 saturated heterocycles. The molecule has 2 fully saturated rings. The van der Waals surface area contributed by atoms with E-state index < -0.39 is 47.0 Å². The number of fused-ring (bicyclic) bond motifs is 1. The van der Waals surface area contributed by atoms with Gasteiger partial charge in [0.25, 0.3) is 29.5 Å². The standard InChI is InChI=1S/C94H134ClN19O22/c1-66-56-77(100-73-17-15-72(95)16-18-73)76-57-71(14-19-78(76)114(66)67(2)115)69-10-12-70(13-11-69)88(119)98-26-35-125-38-41-128-44-46-130-48-50-132-52-53-133-51-49-131-47-45-129-42-39-126-36-27-99-90(121)80-59-75(62-108(80)7)102-92(123)87-106-82(64-110(87)9)104-84(117)21-25-97-89(120)79-58-74(61-107(79)6)101-91(122)86-105-81(63-109(86)8)103-83(116)20-24-96-85(118)65-135-55-54-134-43-40-127-37-34-111-30-32-112(33-31-111)60-68-22-28-113(29-23-68)93(124)136-94(3,4)5/h10-19,57-59,61-64,66,68,77,100H,20-56,60,65H2,1-9H3,(H,96,118)(H,97,120)(H,98,119)(H,99,121)(H,101,122)(H,102,123)(H,103,116)(H,104,117)/t66-,77-/m1/s1. The molecule has 0 radical (unpaired) electrons. The molecule has 10 amide bonds. The first kappa shape index (κ1) is 107. The highest BCUT2D eigenvalue weighted by Crippen LogP contribution is 2.42. The number of likely N-dealkylation sites (tertiary alicyclic amines) is 1. The van der Waals surface area contributed by atoms with Crippen LogP contribution in [0.4, 0.5) is 39.2 Å². The SMILES string of the molecule is CC(=O)N1c2ccc(-c3ccc(C(=O)NCCOCCOCCOCCOCCOCCOCCOCCOCCNC(=O)c4cc(NC(=O)c5nc(NC(=O)CCNC(=O)c6cc(NC(=O)c7nc(NC(=O)CCNC(=O)COCCOCCOCCN8CCN(CC9CCN(C(=O)OC(C)(C)C)CC9)CC8)cn7C)cn6C)cn5C)cn4C)cc3)cc2[C@H](Nc2ccc(Cl)cc2)C[C@H]1C. The molecule has 744 valence electrons. The van der Waals surface area contributed by atoms with Crippen LogP contribution < -0.4 is 52.8 Å². The number of piperidine rings is 1. The summed E-state index contributed by atoms with van der Waals surface area (Å²) in [5.74, 6) is -3.03. The van der Waals surface area contributed by atoms with E-state index in [1.807, 2.05) is 79.1 Å². The van der Waals surface area contributed by atoms with E-state index in [1.165, 1.54) is 44.4 Å². The predicted octanol–water partition coefficient (Wildman–Crippen LogP) is 6.76. The Labute approximate surface area is 798 Å². The van der Waals surface area contributed by atoms with Crippen molar-refractivity contribution in [2.45, 2.75) is 84.4 Å². The average Bonchev–Trinajstić information content (AvgIpc) is 1.55. The third-order valence-electron chi connectivity index (χ3n) is 22.1. The summed E-state index contributed by atoms with van der Waals surface area (Å²) in [6, 6.07) is 24.1. The zero-order valence-electron chi connectivity index (χ0n) is 79.5. The van der Waals surface area contributed by atoms with E-state index in [4.69, 9.17) is 68.4 Å². The first-order valence-corrected chi connectivity index (χ1v) is 46.5. The summed E-state index contributed by atoms with van der Waals surface area (Å²) >= 11 is 6.14. The Balaban J connectivity index is 0.469. The van der Waals surface area contributed by atoms with Crippen LogP contribution in [0.15, 0.2) is 104 Å². The minimum absolute atomic E-state index is 0.00669. The molecule has 0 saturated carbocycles. The van der Waals surface area contributed by atoms with Crippen molar-refractivity contribution in [3.05, 3.63) is 143 Å². The van der Waals surface area contributed by atoms with Gasteiger partial charge in [0, 0.05) is 179 Å². The molecule has 3 aliphatic rings. The number of ether oxygens (including phenoxy) is 12. The zero-order chi connectivity index (χ0) is 97.1. The molecule has 4 aromatic heterocycles. The van der Waals surface area contributed by atoms with Gasteiger partial charge < -0.3 is 138 Å². The van der Waals surface area contributed by atoms with Crippen molar-refractivity contribution in [3.63, 3.8) is 0 Å². The maximum Gasteiger partial charge on any atom is 0.410 e. The number of benzene rings is 3. The number of imidazole rings is 2. The first-order valence-electron chi connectivity index (χ1n) is 46.2. The first-order chi connectivity index (χ1) is 65.6. The number of hydrogen-bond acceptors (Lipinski definition) is 27. The number of rotatable bonds is 58. The molecular formula is C94H134ClN19O22. The third-order valence-corrected chi connectivity index (χ3v) is 22.4. The molecule has 7 aromatic rings. The van der Waals surface area contributed by atoms with Gasteiger partial charge in [-0.15, -0.1) is 0 Å². The Morgan fingerprint density at radius 3 is 1.35 bits per heavy atom. The highest BCUT2D eigenvalue weighted by atomic mass is 35.5. The molecule has 9 N–H and O–H groups in total. The molecule has 3 aromatic carbocycles. The van der Waals surface area contributed by atoms with Crippen LogP contribution in [0, 0.1) is 5.92 Å². The number of hydrogen-bond donors (Lipinski definition) is 9. The topological polar surface area (TPSA) is 448 Å². The molecule has 41 nitrogen and oxygen atoms in total. The molecule has 136 heavy (non-hydrogen) atoms. The fourth-order valence-electron chi connectivity index (χ4n) is 15.2. The van der Waals surface area contributed by atoms with Crippen LogP contribution in [0.1, 0.15) is 131 Å². The van der Waals surface area contributed by atoms with Crippen molar-refractivity contribution in [2.24, 2.45) is 34.1 Å². The van der Waals surface area contributed by atoms with Crippen LogP contribution >= 0.6 is 11.6 Å². The van der Waals surface area contributed by atoms with Crippen molar-refractivity contribution in [2.75, 3.05) is 255 Å². The quantitative estimate of drug-likeness (QED) is 0.0178. The summed E-state index contributed by atoms with van der Waals surface area (Å²) in [6.45, 7) is 24.8. The van der Waals surface area contributed by atoms with Crippen molar-refractivity contribution < 1.29 is 105 Å². The summed E-state index contributed by atoms with van der Waals surface area (Å²) in [7, 11) is 6.41. The van der Waals surface area contributed by atoms with E-state index >= 15 is 0 Å². The van der Waals surface area contributed by atoms with Crippen LogP contribution in [0.25, 0.3) is 11.1 Å². The highest BCUT2D eigenvalue weighted by molar-refractivity contribution is 6.30. The highest BCUT2D eigenvalue weighted by Gasteiger charge is 2.34. The molecule has 42 heteroatoms. The van der Waals surface area contributed by atoms with Gasteiger partial charge in [-0.1, -0.05) is 29.8 Å². The van der Waals surface area contributed by atoms with E-state index in [0.29, 0.717) is 148 Å². The van der Waals surface area contributed by atoms with Gasteiger partial charge in [-0.3, -0.25) is 48.1 Å². The van der Waals surface area contributed by atoms with Crippen LogP contribution in [-0.2, 0) is 104 Å². The summed E-state index contributed by atoms with van der Waals surface area (Å²) in [6.07, 6.45) is 8.26. The largest absolute Gasteiger partial charge is 0.444 e. The average molecular weight is 1920 g/mol. The Kier molecular flexibility index (Phi) is 44.3. The number of nitrogens with one attached hydrogen (secondary N) is 9. The molecule has 10 rings (SSSR count). The van der Waals surface area contributed by atoms with Crippen molar-refractivity contribution in [1.29, 1.82) is 0 Å². The van der Waals surface area contributed by atoms with Gasteiger partial charge in [0.1, 0.15) is 23.6 Å². The molecule has 0 unspecified atom stereocenters. The van der Waals surface area contributed by atoms with Crippen molar-refractivity contribution in [1.82, 2.24) is 64.2 Å². The Bertz CT molecular complexity index is 4970. The van der Waals surface area contributed by atoms with E-state index in [1.54, 1.807) is 58.0 Å². The van der Waals surface area contributed by atoms with Gasteiger partial charge >= 0.3 is 6.09 Å². The lowest BCUT2D eigenvalue weighted by molar-refractivity contribution is -0.126. The number of anilines is 6. The van der Waals surface area contributed by atoms with Gasteiger partial charge in [0.15, 0.2) is 11.6 Å². The second-order valence-corrected chi connectivity index (χ2v) is 34.4. The van der Waals surface area contributed by atoms with E-state index in [9.17, 15) is 47.9 Å². The molecule has 2 atom stereocenters. The number of aromatic nitrogens is 6. The molecule has 0 spiro atoms. The Hall–Kier alpha value is -11.3. The minimum atomic E-state index is -0.629. The second-order valence-electron chi connectivity index (χ2n) is 34.0. The summed E-state index contributed by atoms with van der Waals surface area (Å²) < 4.78 is 73.0. The lowest BCUT2D eigenvalue weighted by atomic mass is 9.88. The molecule has 0 bridgehead atoms. The third kappa shape index (κ3) is 36.6. The number of aryl methyl sites for hydroxylation is 4. The zero-order valence-corrected chi connectivity index (χ0v) is 80.2. The normalized spacial score (nSPS) is 14.8. The van der Waals surface area contributed by atoms with Gasteiger partial charge in [0.2, 0.25) is 35.3 Å². The van der Waals surface area contributed by atoms with Crippen LogP contribution in [-0.4, -0.2) is 338 Å². The van der Waals surface area contributed by atoms with E-state index in [-0.39, 0.29) is 129 Å². The van der Waals surface area contributed by atoms with E-state index in [0.717, 1.165) is 99.7 Å². The van der Waals surface area contributed by atoms with Crippen LogP contribution in [0.2, 0.25) is 5.02 Å². The van der Waals surface area contributed by atoms with Gasteiger partial charge in [-0.25, -0.2) is 14.8 Å². The number of carbonyl (C=O) groups is 10. The summed E-state index contributed by atoms with van der Waals surface area (Å²) in [5.41, 5.74) is 5.85. The van der Waals surface area contributed by atoms with Crippen molar-refractivity contribution in [3.8, 4) is 11.1 Å².